The molecule has 80 valence electrons. The lowest BCUT2D eigenvalue weighted by atomic mass is 9.73. The number of rotatable bonds is 1. The molecule has 0 aromatic heterocycles. The van der Waals surface area contributed by atoms with Crippen molar-refractivity contribution in [1.29, 1.82) is 0 Å². The van der Waals surface area contributed by atoms with Gasteiger partial charge in [0.15, 0.2) is 0 Å². The van der Waals surface area contributed by atoms with E-state index in [0.717, 1.165) is 5.56 Å². The molecule has 0 amide bonds. The standard InChI is InChI=1S/C14H18O/c1-13-9-7-12(8-10-13)14(13,15)11-5-3-2-4-6-11/h2-6,12,15H,7-10H2,1H3. The molecule has 2 aliphatic carbocycles. The number of benzene rings is 1. The molecule has 0 spiro atoms. The summed E-state index contributed by atoms with van der Waals surface area (Å²) < 4.78 is 0. The van der Waals surface area contributed by atoms with Gasteiger partial charge in [0, 0.05) is 5.41 Å². The number of fused-ring (bicyclic) bond motifs is 2. The van der Waals surface area contributed by atoms with Crippen LogP contribution in [0.1, 0.15) is 38.2 Å². The summed E-state index contributed by atoms with van der Waals surface area (Å²) in [5, 5.41) is 11.0. The lowest BCUT2D eigenvalue weighted by Crippen LogP contribution is -2.38. The fraction of sp³-hybridized carbons (Fsp3) is 0.571. The predicted octanol–water partition coefficient (Wildman–Crippen LogP) is 3.08. The maximum Gasteiger partial charge on any atom is 0.0977 e. The molecular formula is C14H18O. The van der Waals surface area contributed by atoms with Crippen molar-refractivity contribution in [1.82, 2.24) is 0 Å². The summed E-state index contributed by atoms with van der Waals surface area (Å²) in [7, 11) is 0. The predicted molar refractivity (Wildman–Crippen MR) is 60.4 cm³/mol. The molecule has 2 bridgehead atoms. The molecule has 2 aliphatic rings. The van der Waals surface area contributed by atoms with Gasteiger partial charge in [0.05, 0.1) is 5.60 Å². The van der Waals surface area contributed by atoms with E-state index in [1.54, 1.807) is 0 Å². The highest BCUT2D eigenvalue weighted by Gasteiger charge is 2.61. The Bertz CT molecular complexity index is 362. The van der Waals surface area contributed by atoms with Gasteiger partial charge < -0.3 is 5.11 Å². The lowest BCUT2D eigenvalue weighted by molar-refractivity contribution is -0.0559. The largest absolute Gasteiger partial charge is 0.384 e. The van der Waals surface area contributed by atoms with Crippen LogP contribution in [0, 0.1) is 11.3 Å². The molecule has 1 nitrogen and oxygen atoms in total. The Morgan fingerprint density at radius 3 is 2.20 bits per heavy atom. The summed E-state index contributed by atoms with van der Waals surface area (Å²) in [6.07, 6.45) is 4.76. The summed E-state index contributed by atoms with van der Waals surface area (Å²) in [6.45, 7) is 2.26. The Morgan fingerprint density at radius 2 is 1.73 bits per heavy atom. The van der Waals surface area contributed by atoms with Crippen molar-refractivity contribution in [3.8, 4) is 0 Å². The fourth-order valence-corrected chi connectivity index (χ4v) is 3.82. The lowest BCUT2D eigenvalue weighted by Gasteiger charge is -2.37. The van der Waals surface area contributed by atoms with Gasteiger partial charge >= 0.3 is 0 Å². The first kappa shape index (κ1) is 9.41. The Labute approximate surface area is 91.1 Å². The van der Waals surface area contributed by atoms with Crippen LogP contribution >= 0.6 is 0 Å². The van der Waals surface area contributed by atoms with E-state index in [0.29, 0.717) is 5.92 Å². The highest BCUT2D eigenvalue weighted by Crippen LogP contribution is 2.64. The Morgan fingerprint density at radius 1 is 1.13 bits per heavy atom. The fourth-order valence-electron chi connectivity index (χ4n) is 3.82. The van der Waals surface area contributed by atoms with Crippen LogP contribution in [0.4, 0.5) is 0 Å². The maximum atomic E-state index is 11.0. The minimum atomic E-state index is -0.547. The molecule has 1 aromatic carbocycles. The van der Waals surface area contributed by atoms with Gasteiger partial charge in [-0.3, -0.25) is 0 Å². The first-order valence-corrected chi connectivity index (χ1v) is 5.95. The van der Waals surface area contributed by atoms with E-state index < -0.39 is 5.60 Å². The normalized spacial score (nSPS) is 43.5. The molecule has 0 aliphatic heterocycles. The van der Waals surface area contributed by atoms with Gasteiger partial charge in [-0.1, -0.05) is 37.3 Å². The van der Waals surface area contributed by atoms with Crippen LogP contribution in [0.3, 0.4) is 0 Å². The van der Waals surface area contributed by atoms with Gasteiger partial charge in [-0.05, 0) is 37.2 Å². The van der Waals surface area contributed by atoms with Crippen molar-refractivity contribution >= 4 is 0 Å². The van der Waals surface area contributed by atoms with E-state index in [9.17, 15) is 5.11 Å². The second-order valence-electron chi connectivity index (χ2n) is 5.47. The van der Waals surface area contributed by atoms with Crippen molar-refractivity contribution in [2.75, 3.05) is 0 Å². The van der Waals surface area contributed by atoms with Crippen LogP contribution in [0.2, 0.25) is 0 Å². The van der Waals surface area contributed by atoms with E-state index in [1.807, 2.05) is 18.2 Å². The summed E-state index contributed by atoms with van der Waals surface area (Å²) in [5.74, 6) is 0.491. The topological polar surface area (TPSA) is 20.2 Å². The first-order chi connectivity index (χ1) is 7.17. The molecule has 0 radical (unpaired) electrons. The Hall–Kier alpha value is -0.820. The summed E-state index contributed by atoms with van der Waals surface area (Å²) in [5.41, 5.74) is 0.709. The number of hydrogen-bond acceptors (Lipinski definition) is 1. The molecule has 1 heteroatoms. The smallest absolute Gasteiger partial charge is 0.0977 e. The minimum Gasteiger partial charge on any atom is -0.384 e. The zero-order valence-corrected chi connectivity index (χ0v) is 9.24. The zero-order valence-electron chi connectivity index (χ0n) is 9.24. The van der Waals surface area contributed by atoms with Crippen LogP contribution < -0.4 is 0 Å². The number of aliphatic hydroxyl groups is 1. The van der Waals surface area contributed by atoms with Crippen molar-refractivity contribution in [3.63, 3.8) is 0 Å². The van der Waals surface area contributed by atoms with Crippen molar-refractivity contribution in [2.45, 2.75) is 38.2 Å². The maximum absolute atomic E-state index is 11.0. The first-order valence-electron chi connectivity index (χ1n) is 5.95. The molecule has 1 unspecified atom stereocenters. The third kappa shape index (κ3) is 1.02. The second kappa shape index (κ2) is 2.85. The van der Waals surface area contributed by atoms with Crippen LogP contribution in [-0.4, -0.2) is 5.11 Å². The zero-order chi connectivity index (χ0) is 10.5. The van der Waals surface area contributed by atoms with Crippen LogP contribution in [-0.2, 0) is 5.60 Å². The van der Waals surface area contributed by atoms with Gasteiger partial charge in [0.1, 0.15) is 0 Å². The van der Waals surface area contributed by atoms with Crippen LogP contribution in [0.15, 0.2) is 30.3 Å². The van der Waals surface area contributed by atoms with Crippen LogP contribution in [0.25, 0.3) is 0 Å². The SMILES string of the molecule is CC12CCC(CC1)C2(O)c1ccccc1. The van der Waals surface area contributed by atoms with E-state index in [1.165, 1.54) is 25.7 Å². The minimum absolute atomic E-state index is 0.124. The van der Waals surface area contributed by atoms with Gasteiger partial charge in [0.25, 0.3) is 0 Å². The van der Waals surface area contributed by atoms with E-state index >= 15 is 0 Å². The average molecular weight is 202 g/mol. The molecule has 15 heavy (non-hydrogen) atoms. The monoisotopic (exact) mass is 202 g/mol. The second-order valence-corrected chi connectivity index (χ2v) is 5.47. The van der Waals surface area contributed by atoms with E-state index in [2.05, 4.69) is 19.1 Å². The highest BCUT2D eigenvalue weighted by molar-refractivity contribution is 5.30. The van der Waals surface area contributed by atoms with Gasteiger partial charge in [-0.15, -0.1) is 0 Å². The molecule has 3 rings (SSSR count). The van der Waals surface area contributed by atoms with E-state index in [-0.39, 0.29) is 5.41 Å². The molecule has 1 aromatic rings. The summed E-state index contributed by atoms with van der Waals surface area (Å²) >= 11 is 0. The molecule has 0 saturated heterocycles. The number of hydrogen-bond donors (Lipinski definition) is 1. The quantitative estimate of drug-likeness (QED) is 0.742. The van der Waals surface area contributed by atoms with Crippen molar-refractivity contribution in [2.24, 2.45) is 11.3 Å². The van der Waals surface area contributed by atoms with Gasteiger partial charge in [0.2, 0.25) is 0 Å². The molecule has 0 heterocycles. The summed E-state index contributed by atoms with van der Waals surface area (Å²) in [4.78, 5) is 0. The molecule has 1 N–H and O–H groups in total. The van der Waals surface area contributed by atoms with Gasteiger partial charge in [-0.2, -0.15) is 0 Å². The van der Waals surface area contributed by atoms with Gasteiger partial charge in [-0.25, -0.2) is 0 Å². The Balaban J connectivity index is 2.12. The Kier molecular flexibility index (Phi) is 1.79. The van der Waals surface area contributed by atoms with Crippen molar-refractivity contribution < 1.29 is 5.11 Å². The molecule has 2 saturated carbocycles. The van der Waals surface area contributed by atoms with E-state index in [4.69, 9.17) is 0 Å². The van der Waals surface area contributed by atoms with Crippen molar-refractivity contribution in [3.05, 3.63) is 35.9 Å². The highest BCUT2D eigenvalue weighted by atomic mass is 16.3. The molecule has 1 atom stereocenters. The third-order valence-electron chi connectivity index (χ3n) is 4.81. The molecular weight excluding hydrogens is 184 g/mol. The molecule has 2 fully saturated rings. The van der Waals surface area contributed by atoms with Crippen LogP contribution in [0.5, 0.6) is 0 Å². The average Bonchev–Trinajstić information content (AvgIpc) is 2.68. The summed E-state index contributed by atoms with van der Waals surface area (Å²) in [6, 6.07) is 10.3. The third-order valence-corrected chi connectivity index (χ3v) is 4.81.